The molecule has 0 aliphatic heterocycles. The summed E-state index contributed by atoms with van der Waals surface area (Å²) in [7, 11) is 0. The van der Waals surface area contributed by atoms with E-state index in [0.29, 0.717) is 12.2 Å². The molecule has 4 N–H and O–H groups in total. The standard InChI is InChI=1S/C26H25N5O2S/c1-18(20-9-12-22(13-10-20)29-26(27)33)28-24(32)14-11-21-17-31(16-19-6-3-2-4-7-19)30-25(21)23-8-5-15-34-23/h2-15,17-18H,16H2,1H3,(H,28,32)(H3,27,29,33)/b14-11+. The van der Waals surface area contributed by atoms with Crippen LogP contribution in [0.25, 0.3) is 16.6 Å². The van der Waals surface area contributed by atoms with Gasteiger partial charge in [-0.2, -0.15) is 5.10 Å². The van der Waals surface area contributed by atoms with Gasteiger partial charge in [0.15, 0.2) is 0 Å². The van der Waals surface area contributed by atoms with Crippen molar-refractivity contribution in [1.29, 1.82) is 0 Å². The Morgan fingerprint density at radius 3 is 2.53 bits per heavy atom. The minimum atomic E-state index is -0.617. The third-order valence-electron chi connectivity index (χ3n) is 5.18. The maximum absolute atomic E-state index is 12.6. The highest BCUT2D eigenvalue weighted by Gasteiger charge is 2.12. The lowest BCUT2D eigenvalue weighted by molar-refractivity contribution is -0.117. The van der Waals surface area contributed by atoms with E-state index in [4.69, 9.17) is 10.8 Å². The van der Waals surface area contributed by atoms with E-state index in [-0.39, 0.29) is 11.9 Å². The molecule has 2 heterocycles. The number of hydrogen-bond donors (Lipinski definition) is 3. The van der Waals surface area contributed by atoms with Crippen LogP contribution in [-0.2, 0) is 11.3 Å². The summed E-state index contributed by atoms with van der Waals surface area (Å²) in [5, 5.41) is 12.3. The molecule has 0 saturated heterocycles. The van der Waals surface area contributed by atoms with Crippen molar-refractivity contribution in [2.24, 2.45) is 5.73 Å². The number of thiophene rings is 1. The van der Waals surface area contributed by atoms with Gasteiger partial charge >= 0.3 is 6.03 Å². The Labute approximate surface area is 201 Å². The van der Waals surface area contributed by atoms with Gasteiger partial charge < -0.3 is 16.4 Å². The molecule has 2 aromatic heterocycles. The maximum atomic E-state index is 12.6. The summed E-state index contributed by atoms with van der Waals surface area (Å²) >= 11 is 1.61. The van der Waals surface area contributed by atoms with Crippen molar-refractivity contribution in [2.45, 2.75) is 19.5 Å². The lowest BCUT2D eigenvalue weighted by Gasteiger charge is -2.13. The third kappa shape index (κ3) is 5.99. The predicted molar refractivity (Wildman–Crippen MR) is 136 cm³/mol. The molecule has 172 valence electrons. The quantitative estimate of drug-likeness (QED) is 0.314. The second-order valence-corrected chi connectivity index (χ2v) is 8.72. The lowest BCUT2D eigenvalue weighted by atomic mass is 10.1. The first-order valence-electron chi connectivity index (χ1n) is 10.8. The third-order valence-corrected chi connectivity index (χ3v) is 6.06. The largest absolute Gasteiger partial charge is 0.351 e. The maximum Gasteiger partial charge on any atom is 0.316 e. The first-order valence-corrected chi connectivity index (χ1v) is 11.7. The van der Waals surface area contributed by atoms with E-state index in [0.717, 1.165) is 27.3 Å². The number of nitrogens with zero attached hydrogens (tertiary/aromatic N) is 2. The highest BCUT2D eigenvalue weighted by atomic mass is 32.1. The van der Waals surface area contributed by atoms with Gasteiger partial charge in [0.1, 0.15) is 5.69 Å². The summed E-state index contributed by atoms with van der Waals surface area (Å²) in [6, 6.07) is 20.5. The second kappa shape index (κ2) is 10.6. The summed E-state index contributed by atoms with van der Waals surface area (Å²) in [6.45, 7) is 2.55. The number of rotatable bonds is 8. The Balaban J connectivity index is 1.46. The molecule has 2 aromatic carbocycles. The van der Waals surface area contributed by atoms with Crippen molar-refractivity contribution in [3.8, 4) is 10.6 Å². The van der Waals surface area contributed by atoms with Crippen LogP contribution >= 0.6 is 11.3 Å². The number of urea groups is 1. The number of carbonyl (C=O) groups is 2. The van der Waals surface area contributed by atoms with Gasteiger partial charge in [0.25, 0.3) is 0 Å². The summed E-state index contributed by atoms with van der Waals surface area (Å²) in [5.41, 5.74) is 9.52. The SMILES string of the molecule is CC(NC(=O)/C=C/c1cn(Cc2ccccc2)nc1-c1cccs1)c1ccc(NC(N)=O)cc1. The first kappa shape index (κ1) is 23.0. The highest BCUT2D eigenvalue weighted by molar-refractivity contribution is 7.13. The van der Waals surface area contributed by atoms with E-state index < -0.39 is 6.03 Å². The first-order chi connectivity index (χ1) is 16.5. The van der Waals surface area contributed by atoms with E-state index >= 15 is 0 Å². The van der Waals surface area contributed by atoms with E-state index in [9.17, 15) is 9.59 Å². The van der Waals surface area contributed by atoms with Crippen molar-refractivity contribution in [1.82, 2.24) is 15.1 Å². The number of aromatic nitrogens is 2. The zero-order valence-electron chi connectivity index (χ0n) is 18.6. The van der Waals surface area contributed by atoms with Crippen molar-refractivity contribution in [2.75, 3.05) is 5.32 Å². The minimum absolute atomic E-state index is 0.209. The number of nitrogens with one attached hydrogen (secondary N) is 2. The number of amides is 3. The Morgan fingerprint density at radius 2 is 1.85 bits per heavy atom. The number of benzene rings is 2. The number of primary amides is 1. The fraction of sp³-hybridized carbons (Fsp3) is 0.115. The molecule has 0 fully saturated rings. The van der Waals surface area contributed by atoms with Gasteiger partial charge in [-0.3, -0.25) is 9.48 Å². The highest BCUT2D eigenvalue weighted by Crippen LogP contribution is 2.28. The van der Waals surface area contributed by atoms with Gasteiger partial charge in [-0.15, -0.1) is 11.3 Å². The number of hydrogen-bond acceptors (Lipinski definition) is 4. The summed E-state index contributed by atoms with van der Waals surface area (Å²) in [6.07, 6.45) is 5.28. The molecular formula is C26H25N5O2S. The molecule has 0 radical (unpaired) electrons. The molecule has 3 amide bonds. The average molecular weight is 472 g/mol. The van der Waals surface area contributed by atoms with Crippen LogP contribution in [0, 0.1) is 0 Å². The molecule has 0 bridgehead atoms. The Kier molecular flexibility index (Phi) is 7.19. The Hall–Kier alpha value is -4.17. The molecule has 4 rings (SSSR count). The average Bonchev–Trinajstić information content (AvgIpc) is 3.48. The van der Waals surface area contributed by atoms with Crippen molar-refractivity contribution >= 4 is 35.0 Å². The van der Waals surface area contributed by atoms with Crippen LogP contribution in [0.5, 0.6) is 0 Å². The van der Waals surface area contributed by atoms with E-state index in [1.807, 2.05) is 65.6 Å². The van der Waals surface area contributed by atoms with Gasteiger partial charge in [-0.1, -0.05) is 48.5 Å². The van der Waals surface area contributed by atoms with Gasteiger partial charge in [0.2, 0.25) is 5.91 Å². The predicted octanol–water partition coefficient (Wildman–Crippen LogP) is 5.04. The van der Waals surface area contributed by atoms with E-state index in [1.165, 1.54) is 6.08 Å². The van der Waals surface area contributed by atoms with Crippen LogP contribution in [0.4, 0.5) is 10.5 Å². The second-order valence-electron chi connectivity index (χ2n) is 7.77. The number of carbonyl (C=O) groups excluding carboxylic acids is 2. The van der Waals surface area contributed by atoms with Crippen LogP contribution in [0.15, 0.2) is 84.4 Å². The Morgan fingerprint density at radius 1 is 1.09 bits per heavy atom. The fourth-order valence-electron chi connectivity index (χ4n) is 3.52. The molecule has 1 unspecified atom stereocenters. The zero-order chi connectivity index (χ0) is 23.9. The topological polar surface area (TPSA) is 102 Å². The molecular weight excluding hydrogens is 446 g/mol. The smallest absolute Gasteiger partial charge is 0.316 e. The molecule has 1 atom stereocenters. The molecule has 8 heteroatoms. The summed E-state index contributed by atoms with van der Waals surface area (Å²) < 4.78 is 1.90. The van der Waals surface area contributed by atoms with Crippen LogP contribution in [0.1, 0.15) is 29.7 Å². The Bertz CT molecular complexity index is 1280. The van der Waals surface area contributed by atoms with Gasteiger partial charge in [-0.05, 0) is 47.7 Å². The van der Waals surface area contributed by atoms with Crippen LogP contribution < -0.4 is 16.4 Å². The fourth-order valence-corrected chi connectivity index (χ4v) is 4.25. The van der Waals surface area contributed by atoms with E-state index in [2.05, 4.69) is 22.8 Å². The molecule has 0 spiro atoms. The number of nitrogens with two attached hydrogens (primary N) is 1. The molecule has 4 aromatic rings. The summed E-state index contributed by atoms with van der Waals surface area (Å²) in [4.78, 5) is 24.6. The molecule has 0 aliphatic carbocycles. The molecule has 7 nitrogen and oxygen atoms in total. The van der Waals surface area contributed by atoms with Crippen LogP contribution in [0.2, 0.25) is 0 Å². The van der Waals surface area contributed by atoms with Gasteiger partial charge in [0.05, 0.1) is 17.5 Å². The molecule has 0 aliphatic rings. The van der Waals surface area contributed by atoms with Crippen molar-refractivity contribution in [3.63, 3.8) is 0 Å². The van der Waals surface area contributed by atoms with Crippen LogP contribution in [0.3, 0.4) is 0 Å². The molecule has 34 heavy (non-hydrogen) atoms. The normalized spacial score (nSPS) is 11.9. The van der Waals surface area contributed by atoms with E-state index in [1.54, 1.807) is 29.5 Å². The minimum Gasteiger partial charge on any atom is -0.351 e. The van der Waals surface area contributed by atoms with Gasteiger partial charge in [-0.25, -0.2) is 4.79 Å². The molecule has 0 saturated carbocycles. The van der Waals surface area contributed by atoms with Crippen molar-refractivity contribution in [3.05, 3.63) is 101 Å². The summed E-state index contributed by atoms with van der Waals surface area (Å²) in [5.74, 6) is -0.209. The lowest BCUT2D eigenvalue weighted by Crippen LogP contribution is -2.24. The van der Waals surface area contributed by atoms with Gasteiger partial charge in [0, 0.05) is 23.5 Å². The zero-order valence-corrected chi connectivity index (χ0v) is 19.5. The van der Waals surface area contributed by atoms with Crippen molar-refractivity contribution < 1.29 is 9.59 Å². The number of anilines is 1. The monoisotopic (exact) mass is 471 g/mol. The van der Waals surface area contributed by atoms with Crippen LogP contribution in [-0.4, -0.2) is 21.7 Å².